The molecule has 1 heterocycles. The number of hydrogen-bond acceptors (Lipinski definition) is 5. The van der Waals surface area contributed by atoms with Gasteiger partial charge in [0.15, 0.2) is 5.13 Å². The van der Waals surface area contributed by atoms with Crippen LogP contribution in [0.1, 0.15) is 11.1 Å². The number of benzene rings is 2. The zero-order valence-corrected chi connectivity index (χ0v) is 18.1. The van der Waals surface area contributed by atoms with E-state index in [0.29, 0.717) is 34.4 Å². The van der Waals surface area contributed by atoms with E-state index in [1.54, 1.807) is 24.1 Å². The number of amides is 1. The average Bonchev–Trinajstić information content (AvgIpc) is 3.08. The molecule has 5 nitrogen and oxygen atoms in total. The Balaban J connectivity index is 1.96. The van der Waals surface area contributed by atoms with Crippen molar-refractivity contribution in [3.8, 4) is 5.75 Å². The molecule has 0 atom stereocenters. The second-order valence-corrected chi connectivity index (χ2v) is 8.32. The third-order valence-corrected chi connectivity index (χ3v) is 5.95. The number of nitrogens with zero attached hydrogens (tertiary/aromatic N) is 3. The molecule has 0 spiro atoms. The van der Waals surface area contributed by atoms with Gasteiger partial charge in [0.1, 0.15) is 11.3 Å². The Hall–Kier alpha value is -2.15. The van der Waals surface area contributed by atoms with Gasteiger partial charge in [-0.25, -0.2) is 4.98 Å². The molecule has 0 aliphatic heterocycles. The molecule has 0 saturated heterocycles. The van der Waals surface area contributed by atoms with E-state index >= 15 is 0 Å². The summed E-state index contributed by atoms with van der Waals surface area (Å²) in [6, 6.07) is 11.6. The fraction of sp³-hybridized carbons (Fsp3) is 0.333. The average molecular weight is 418 g/mol. The molecule has 148 valence electrons. The maximum absolute atomic E-state index is 13.2. The van der Waals surface area contributed by atoms with Gasteiger partial charge in [-0.05, 0) is 38.7 Å². The number of ether oxygens (including phenoxy) is 1. The van der Waals surface area contributed by atoms with E-state index in [-0.39, 0.29) is 5.91 Å². The number of anilines is 1. The van der Waals surface area contributed by atoms with Gasteiger partial charge in [-0.15, -0.1) is 0 Å². The number of carbonyl (C=O) groups excluding carboxylic acids is 1. The number of aromatic nitrogens is 1. The van der Waals surface area contributed by atoms with Crippen LogP contribution in [0.3, 0.4) is 0 Å². The van der Waals surface area contributed by atoms with Crippen molar-refractivity contribution in [2.45, 2.75) is 13.3 Å². The molecule has 1 amide bonds. The smallest absolute Gasteiger partial charge is 0.233 e. The summed E-state index contributed by atoms with van der Waals surface area (Å²) in [5.74, 6) is 0.669. The molecule has 0 saturated carbocycles. The molecule has 0 radical (unpaired) electrons. The Kier molecular flexibility index (Phi) is 6.54. The van der Waals surface area contributed by atoms with Crippen molar-refractivity contribution in [2.75, 3.05) is 39.2 Å². The van der Waals surface area contributed by atoms with Crippen LogP contribution < -0.4 is 9.64 Å². The van der Waals surface area contributed by atoms with E-state index in [1.807, 2.05) is 50.2 Å². The van der Waals surface area contributed by atoms with Gasteiger partial charge in [0.2, 0.25) is 5.91 Å². The molecule has 3 rings (SSSR count). The van der Waals surface area contributed by atoms with E-state index in [1.165, 1.54) is 11.3 Å². The SMILES string of the molecule is COc1ccc(Cl)c2sc(N(CCN(C)C)C(=O)Cc3cccc(C)c3)nc12. The Bertz CT molecular complexity index is 987. The van der Waals surface area contributed by atoms with Crippen LogP contribution in [0, 0.1) is 6.92 Å². The molecule has 0 fully saturated rings. The van der Waals surface area contributed by atoms with Crippen molar-refractivity contribution in [1.29, 1.82) is 0 Å². The lowest BCUT2D eigenvalue weighted by molar-refractivity contribution is -0.118. The molecular weight excluding hydrogens is 394 g/mol. The number of fused-ring (bicyclic) bond motifs is 1. The fourth-order valence-electron chi connectivity index (χ4n) is 2.94. The molecule has 7 heteroatoms. The maximum Gasteiger partial charge on any atom is 0.233 e. The van der Waals surface area contributed by atoms with Crippen molar-refractivity contribution in [3.05, 3.63) is 52.5 Å². The van der Waals surface area contributed by atoms with Crippen LogP contribution in [0.4, 0.5) is 5.13 Å². The van der Waals surface area contributed by atoms with Crippen molar-refractivity contribution >= 4 is 44.2 Å². The van der Waals surface area contributed by atoms with Gasteiger partial charge in [0, 0.05) is 13.1 Å². The summed E-state index contributed by atoms with van der Waals surface area (Å²) >= 11 is 7.78. The summed E-state index contributed by atoms with van der Waals surface area (Å²) < 4.78 is 6.24. The lowest BCUT2D eigenvalue weighted by Crippen LogP contribution is -2.37. The van der Waals surface area contributed by atoms with Crippen LogP contribution in [0.15, 0.2) is 36.4 Å². The first kappa shape index (κ1) is 20.6. The Morgan fingerprint density at radius 3 is 2.68 bits per heavy atom. The minimum absolute atomic E-state index is 0.0154. The second-order valence-electron chi connectivity index (χ2n) is 6.94. The number of hydrogen-bond donors (Lipinski definition) is 0. The summed E-state index contributed by atoms with van der Waals surface area (Å²) in [6.45, 7) is 3.32. The quantitative estimate of drug-likeness (QED) is 0.571. The first-order valence-electron chi connectivity index (χ1n) is 9.02. The highest BCUT2D eigenvalue weighted by Gasteiger charge is 2.22. The molecule has 1 aromatic heterocycles. The van der Waals surface area contributed by atoms with Crippen LogP contribution in [0.25, 0.3) is 10.2 Å². The summed E-state index contributed by atoms with van der Waals surface area (Å²) in [5, 5.41) is 1.25. The molecule has 0 aliphatic carbocycles. The van der Waals surface area contributed by atoms with Crippen LogP contribution >= 0.6 is 22.9 Å². The van der Waals surface area contributed by atoms with Gasteiger partial charge in [-0.3, -0.25) is 9.69 Å². The van der Waals surface area contributed by atoms with E-state index in [2.05, 4.69) is 0 Å². The molecule has 3 aromatic rings. The largest absolute Gasteiger partial charge is 0.494 e. The zero-order valence-electron chi connectivity index (χ0n) is 16.5. The first-order valence-corrected chi connectivity index (χ1v) is 10.2. The van der Waals surface area contributed by atoms with Crippen LogP contribution in [-0.2, 0) is 11.2 Å². The fourth-order valence-corrected chi connectivity index (χ4v) is 4.24. The molecular formula is C21H24ClN3O2S. The molecule has 0 aliphatic rings. The summed E-state index contributed by atoms with van der Waals surface area (Å²) in [5.41, 5.74) is 2.83. The van der Waals surface area contributed by atoms with E-state index < -0.39 is 0 Å². The lowest BCUT2D eigenvalue weighted by atomic mass is 10.1. The van der Waals surface area contributed by atoms with Crippen molar-refractivity contribution in [3.63, 3.8) is 0 Å². The Labute approximate surface area is 174 Å². The number of halogens is 1. The third-order valence-electron chi connectivity index (χ3n) is 4.41. The third kappa shape index (κ3) is 4.63. The predicted molar refractivity (Wildman–Crippen MR) is 117 cm³/mol. The minimum atomic E-state index is 0.0154. The number of methoxy groups -OCH3 is 1. The highest BCUT2D eigenvalue weighted by molar-refractivity contribution is 7.23. The van der Waals surface area contributed by atoms with Crippen LogP contribution in [0.2, 0.25) is 5.02 Å². The Morgan fingerprint density at radius 1 is 1.21 bits per heavy atom. The number of likely N-dealkylation sites (N-methyl/N-ethyl adjacent to an activating group) is 1. The number of aryl methyl sites for hydroxylation is 1. The molecule has 28 heavy (non-hydrogen) atoms. The normalized spacial score (nSPS) is 11.2. The van der Waals surface area contributed by atoms with Crippen LogP contribution in [-0.4, -0.2) is 50.1 Å². The summed E-state index contributed by atoms with van der Waals surface area (Å²) in [4.78, 5) is 21.7. The topological polar surface area (TPSA) is 45.7 Å². The number of thiazole rings is 1. The number of carbonyl (C=O) groups is 1. The zero-order chi connectivity index (χ0) is 20.3. The maximum atomic E-state index is 13.2. The number of rotatable bonds is 7. The van der Waals surface area contributed by atoms with Gasteiger partial charge >= 0.3 is 0 Å². The van der Waals surface area contributed by atoms with E-state index in [4.69, 9.17) is 21.3 Å². The van der Waals surface area contributed by atoms with Gasteiger partial charge in [0.25, 0.3) is 0 Å². The monoisotopic (exact) mass is 417 g/mol. The predicted octanol–water partition coefficient (Wildman–Crippen LogP) is 4.40. The van der Waals surface area contributed by atoms with Crippen molar-refractivity contribution < 1.29 is 9.53 Å². The molecule has 2 aromatic carbocycles. The first-order chi connectivity index (χ1) is 13.4. The van der Waals surface area contributed by atoms with Gasteiger partial charge in [-0.1, -0.05) is 52.8 Å². The van der Waals surface area contributed by atoms with Crippen molar-refractivity contribution in [2.24, 2.45) is 0 Å². The van der Waals surface area contributed by atoms with E-state index in [9.17, 15) is 4.79 Å². The molecule has 0 bridgehead atoms. The standard InChI is InChI=1S/C21H24ClN3O2S/c1-14-6-5-7-15(12-14)13-18(26)25(11-10-24(2)3)21-23-19-17(27-4)9-8-16(22)20(19)28-21/h5-9,12H,10-11,13H2,1-4H3. The van der Waals surface area contributed by atoms with E-state index in [0.717, 1.165) is 22.4 Å². The lowest BCUT2D eigenvalue weighted by Gasteiger charge is -2.22. The Morgan fingerprint density at radius 2 is 2.00 bits per heavy atom. The summed E-state index contributed by atoms with van der Waals surface area (Å²) in [6.07, 6.45) is 0.329. The second kappa shape index (κ2) is 8.90. The van der Waals surface area contributed by atoms with Gasteiger partial charge < -0.3 is 9.64 Å². The van der Waals surface area contributed by atoms with Crippen LogP contribution in [0.5, 0.6) is 5.75 Å². The highest BCUT2D eigenvalue weighted by atomic mass is 35.5. The minimum Gasteiger partial charge on any atom is -0.494 e. The van der Waals surface area contributed by atoms with Gasteiger partial charge in [0.05, 0.1) is 23.3 Å². The van der Waals surface area contributed by atoms with Gasteiger partial charge in [-0.2, -0.15) is 0 Å². The summed E-state index contributed by atoms with van der Waals surface area (Å²) in [7, 11) is 5.58. The molecule has 0 unspecified atom stereocenters. The highest BCUT2D eigenvalue weighted by Crippen LogP contribution is 2.38. The molecule has 0 N–H and O–H groups in total. The van der Waals surface area contributed by atoms with Crippen molar-refractivity contribution in [1.82, 2.24) is 9.88 Å².